The Morgan fingerprint density at radius 1 is 1.31 bits per heavy atom. The van der Waals surface area contributed by atoms with Gasteiger partial charge in [-0.15, -0.1) is 13.2 Å². The molecule has 1 aromatic carbocycles. The molecule has 0 aromatic heterocycles. The lowest BCUT2D eigenvalue weighted by Gasteiger charge is -2.37. The number of hydrogen-bond acceptors (Lipinski definition) is 6. The van der Waals surface area contributed by atoms with E-state index in [0.717, 1.165) is 16.8 Å². The van der Waals surface area contributed by atoms with Gasteiger partial charge in [0.25, 0.3) is 5.91 Å². The van der Waals surface area contributed by atoms with Crippen molar-refractivity contribution in [2.75, 3.05) is 31.2 Å². The topological polar surface area (TPSA) is 96.4 Å². The van der Waals surface area contributed by atoms with Crippen LogP contribution in [0.3, 0.4) is 0 Å². The molecule has 8 nitrogen and oxygen atoms in total. The standard InChI is InChI=1S/C28H36N2O6/c1-5-7-16-35-27(34)22-21-11-12-28(36-21)23(22)25(32)30(14-8-15-31)24(28)26(33)29(13-6-2)20-17-18(3)9-10-19(20)4/h5-6,9-10,17,21-24,31H,1-2,7-8,11-16H2,3-4H3/t21-,22+,23-,24?,28?/m0/s1. The highest BCUT2D eigenvalue weighted by molar-refractivity contribution is 6.05. The molecule has 2 bridgehead atoms. The second-order valence-corrected chi connectivity index (χ2v) is 9.94. The van der Waals surface area contributed by atoms with E-state index in [1.54, 1.807) is 17.1 Å². The minimum Gasteiger partial charge on any atom is -0.465 e. The molecule has 1 spiro atoms. The Morgan fingerprint density at radius 3 is 2.78 bits per heavy atom. The first-order valence-electron chi connectivity index (χ1n) is 12.7. The van der Waals surface area contributed by atoms with Gasteiger partial charge in [0.05, 0.1) is 24.5 Å². The summed E-state index contributed by atoms with van der Waals surface area (Å²) in [5.74, 6) is -2.55. The molecule has 3 aliphatic rings. The van der Waals surface area contributed by atoms with E-state index in [4.69, 9.17) is 9.47 Å². The summed E-state index contributed by atoms with van der Waals surface area (Å²) < 4.78 is 11.9. The summed E-state index contributed by atoms with van der Waals surface area (Å²) in [5, 5.41) is 9.51. The van der Waals surface area contributed by atoms with Gasteiger partial charge >= 0.3 is 5.97 Å². The molecule has 3 aliphatic heterocycles. The molecule has 8 heteroatoms. The molecule has 3 saturated heterocycles. The molecule has 1 N–H and O–H groups in total. The molecule has 3 fully saturated rings. The van der Waals surface area contributed by atoms with Gasteiger partial charge in [-0.1, -0.05) is 24.3 Å². The third-order valence-electron chi connectivity index (χ3n) is 7.66. The number of likely N-dealkylation sites (tertiary alicyclic amines) is 1. The van der Waals surface area contributed by atoms with E-state index in [1.165, 1.54) is 4.90 Å². The average molecular weight is 497 g/mol. The number of aliphatic hydroxyl groups is 1. The fraction of sp³-hybridized carbons (Fsp3) is 0.536. The Balaban J connectivity index is 1.74. The monoisotopic (exact) mass is 496 g/mol. The van der Waals surface area contributed by atoms with Crippen LogP contribution >= 0.6 is 0 Å². The van der Waals surface area contributed by atoms with Gasteiger partial charge in [0, 0.05) is 25.4 Å². The summed E-state index contributed by atoms with van der Waals surface area (Å²) in [6.07, 6.45) is 4.79. The molecule has 194 valence electrons. The number of carbonyl (C=O) groups excluding carboxylic acids is 3. The van der Waals surface area contributed by atoms with Crippen LogP contribution in [0.25, 0.3) is 0 Å². The Morgan fingerprint density at radius 2 is 2.08 bits per heavy atom. The third-order valence-corrected chi connectivity index (χ3v) is 7.66. The minimum absolute atomic E-state index is 0.119. The van der Waals surface area contributed by atoms with Crippen LogP contribution in [0.5, 0.6) is 0 Å². The van der Waals surface area contributed by atoms with Crippen molar-refractivity contribution in [1.82, 2.24) is 4.90 Å². The molecule has 3 heterocycles. The summed E-state index contributed by atoms with van der Waals surface area (Å²) in [5.41, 5.74) is 1.58. The molecule has 36 heavy (non-hydrogen) atoms. The third kappa shape index (κ3) is 4.26. The van der Waals surface area contributed by atoms with Gasteiger partial charge < -0.3 is 24.4 Å². The zero-order valence-corrected chi connectivity index (χ0v) is 21.2. The van der Waals surface area contributed by atoms with Crippen molar-refractivity contribution >= 4 is 23.5 Å². The van der Waals surface area contributed by atoms with Crippen molar-refractivity contribution < 1.29 is 29.0 Å². The van der Waals surface area contributed by atoms with E-state index in [-0.39, 0.29) is 38.1 Å². The maximum absolute atomic E-state index is 14.3. The number of hydrogen-bond donors (Lipinski definition) is 1. The maximum Gasteiger partial charge on any atom is 0.312 e. The zero-order valence-electron chi connectivity index (χ0n) is 21.2. The van der Waals surface area contributed by atoms with E-state index in [1.807, 2.05) is 32.0 Å². The lowest BCUT2D eigenvalue weighted by molar-refractivity contribution is -0.155. The van der Waals surface area contributed by atoms with Crippen molar-refractivity contribution in [2.24, 2.45) is 11.8 Å². The van der Waals surface area contributed by atoms with E-state index < -0.39 is 35.6 Å². The van der Waals surface area contributed by atoms with Crippen molar-refractivity contribution in [3.8, 4) is 0 Å². The number of anilines is 1. The second-order valence-electron chi connectivity index (χ2n) is 9.94. The molecular weight excluding hydrogens is 460 g/mol. The van der Waals surface area contributed by atoms with Crippen LogP contribution in [-0.2, 0) is 23.9 Å². The summed E-state index contributed by atoms with van der Waals surface area (Å²) in [7, 11) is 0. The van der Waals surface area contributed by atoms with E-state index in [9.17, 15) is 19.5 Å². The van der Waals surface area contributed by atoms with Crippen LogP contribution in [0.2, 0.25) is 0 Å². The van der Waals surface area contributed by atoms with Crippen LogP contribution in [-0.4, -0.2) is 71.8 Å². The number of nitrogens with zero attached hydrogens (tertiary/aromatic N) is 2. The van der Waals surface area contributed by atoms with Gasteiger partial charge in [0.15, 0.2) is 0 Å². The lowest BCUT2D eigenvalue weighted by atomic mass is 9.70. The van der Waals surface area contributed by atoms with Gasteiger partial charge in [0.1, 0.15) is 11.6 Å². The molecule has 2 amide bonds. The predicted molar refractivity (Wildman–Crippen MR) is 135 cm³/mol. The first kappa shape index (κ1) is 26.1. The number of aryl methyl sites for hydroxylation is 2. The Bertz CT molecular complexity index is 1050. The number of rotatable bonds is 11. The van der Waals surface area contributed by atoms with Gasteiger partial charge in [-0.25, -0.2) is 0 Å². The molecule has 1 aromatic rings. The number of benzene rings is 1. The molecule has 2 unspecified atom stereocenters. The largest absolute Gasteiger partial charge is 0.465 e. The first-order valence-corrected chi connectivity index (χ1v) is 12.7. The molecular formula is C28H36N2O6. The van der Waals surface area contributed by atoms with E-state index in [2.05, 4.69) is 13.2 Å². The van der Waals surface area contributed by atoms with Gasteiger partial charge in [-0.2, -0.15) is 0 Å². The Kier molecular flexibility index (Phi) is 7.66. The summed E-state index contributed by atoms with van der Waals surface area (Å²) in [6.45, 7) is 11.9. The smallest absolute Gasteiger partial charge is 0.312 e. The van der Waals surface area contributed by atoms with E-state index >= 15 is 0 Å². The fourth-order valence-electron chi connectivity index (χ4n) is 6.11. The number of carbonyl (C=O) groups is 3. The SMILES string of the molecule is C=CCCOC(=O)[C@@H]1[C@@H]2CCC3(O2)C(C(=O)N(CC=C)c2cc(C)ccc2C)N(CCCO)C(=O)[C@H]13. The first-order chi connectivity index (χ1) is 17.3. The van der Waals surface area contributed by atoms with Crippen LogP contribution in [0.1, 0.15) is 36.8 Å². The van der Waals surface area contributed by atoms with Crippen molar-refractivity contribution in [3.05, 3.63) is 54.6 Å². The lowest BCUT2D eigenvalue weighted by Crippen LogP contribution is -2.56. The number of aliphatic hydroxyl groups excluding tert-OH is 1. The summed E-state index contributed by atoms with van der Waals surface area (Å²) in [4.78, 5) is 44.4. The molecule has 0 saturated carbocycles. The Labute approximate surface area is 212 Å². The minimum atomic E-state index is -1.10. The van der Waals surface area contributed by atoms with Crippen molar-refractivity contribution in [2.45, 2.75) is 57.3 Å². The maximum atomic E-state index is 14.3. The van der Waals surface area contributed by atoms with Crippen molar-refractivity contribution in [3.63, 3.8) is 0 Å². The second kappa shape index (κ2) is 10.6. The Hall–Kier alpha value is -2.97. The number of ether oxygens (including phenoxy) is 2. The molecule has 4 rings (SSSR count). The highest BCUT2D eigenvalue weighted by atomic mass is 16.6. The van der Waals surface area contributed by atoms with Crippen LogP contribution in [0, 0.1) is 25.7 Å². The van der Waals surface area contributed by atoms with Crippen LogP contribution in [0.15, 0.2) is 43.5 Å². The van der Waals surface area contributed by atoms with Crippen LogP contribution < -0.4 is 4.90 Å². The molecule has 0 radical (unpaired) electrons. The number of fused-ring (bicyclic) bond motifs is 1. The predicted octanol–water partition coefficient (Wildman–Crippen LogP) is 2.70. The number of esters is 1. The average Bonchev–Trinajstić information content (AvgIpc) is 3.50. The van der Waals surface area contributed by atoms with E-state index in [0.29, 0.717) is 25.7 Å². The fourth-order valence-corrected chi connectivity index (χ4v) is 6.11. The molecule has 5 atom stereocenters. The summed E-state index contributed by atoms with van der Waals surface area (Å²) >= 11 is 0. The molecule has 0 aliphatic carbocycles. The van der Waals surface area contributed by atoms with Gasteiger partial charge in [-0.05, 0) is 56.7 Å². The quantitative estimate of drug-likeness (QED) is 0.288. The summed E-state index contributed by atoms with van der Waals surface area (Å²) in [6, 6.07) is 5.00. The van der Waals surface area contributed by atoms with Crippen LogP contribution in [0.4, 0.5) is 5.69 Å². The van der Waals surface area contributed by atoms with Crippen molar-refractivity contribution in [1.29, 1.82) is 0 Å². The highest BCUT2D eigenvalue weighted by Crippen LogP contribution is 2.59. The van der Waals surface area contributed by atoms with Gasteiger partial charge in [-0.3, -0.25) is 14.4 Å². The zero-order chi connectivity index (χ0) is 26.0. The number of amides is 2. The van der Waals surface area contributed by atoms with Gasteiger partial charge in [0.2, 0.25) is 5.91 Å². The normalized spacial score (nSPS) is 28.2. The highest BCUT2D eigenvalue weighted by Gasteiger charge is 2.75.